The van der Waals surface area contributed by atoms with Crippen molar-refractivity contribution in [1.82, 2.24) is 0 Å². The van der Waals surface area contributed by atoms with Crippen LogP contribution < -0.4 is 4.90 Å². The van der Waals surface area contributed by atoms with E-state index in [0.29, 0.717) is 0 Å². The van der Waals surface area contributed by atoms with Gasteiger partial charge in [-0.2, -0.15) is 0 Å². The van der Waals surface area contributed by atoms with Crippen molar-refractivity contribution in [2.45, 2.75) is 0 Å². The molecule has 1 rings (SSSR count). The van der Waals surface area contributed by atoms with Crippen LogP contribution in [0.3, 0.4) is 0 Å². The number of anilines is 1. The molecule has 17 heavy (non-hydrogen) atoms. The van der Waals surface area contributed by atoms with Crippen molar-refractivity contribution >= 4 is 17.3 Å². The van der Waals surface area contributed by atoms with Crippen LogP contribution in [0.25, 0.3) is 0 Å². The SMILES string of the molecule is C#CCN(C)c1cc([N+](=O)[O-])ccc1C(=O)O. The molecule has 0 amide bonds. The first-order valence-electron chi connectivity index (χ1n) is 4.63. The molecule has 6 nitrogen and oxygen atoms in total. The van der Waals surface area contributed by atoms with Crippen LogP contribution in [-0.2, 0) is 0 Å². The second kappa shape index (κ2) is 4.99. The van der Waals surface area contributed by atoms with Crippen LogP contribution >= 0.6 is 0 Å². The molecule has 0 aliphatic heterocycles. The summed E-state index contributed by atoms with van der Waals surface area (Å²) in [6, 6.07) is 3.54. The molecule has 1 N–H and O–H groups in total. The summed E-state index contributed by atoms with van der Waals surface area (Å²) in [6.45, 7) is 0.168. The number of aromatic carboxylic acids is 1. The zero-order valence-corrected chi connectivity index (χ0v) is 9.08. The third-order valence-corrected chi connectivity index (χ3v) is 2.16. The summed E-state index contributed by atoms with van der Waals surface area (Å²) >= 11 is 0. The largest absolute Gasteiger partial charge is 0.478 e. The second-order valence-electron chi connectivity index (χ2n) is 3.32. The Morgan fingerprint density at radius 3 is 2.76 bits per heavy atom. The molecule has 0 aliphatic rings. The predicted octanol–water partition coefficient (Wildman–Crippen LogP) is 1.36. The molecule has 0 aliphatic carbocycles. The van der Waals surface area contributed by atoms with Crippen LogP contribution in [0.4, 0.5) is 11.4 Å². The van der Waals surface area contributed by atoms with E-state index in [9.17, 15) is 14.9 Å². The van der Waals surface area contributed by atoms with E-state index in [1.54, 1.807) is 7.05 Å². The fourth-order valence-corrected chi connectivity index (χ4v) is 1.35. The van der Waals surface area contributed by atoms with E-state index in [0.717, 1.165) is 6.07 Å². The number of carboxylic acids is 1. The van der Waals surface area contributed by atoms with Gasteiger partial charge in [0.15, 0.2) is 0 Å². The van der Waals surface area contributed by atoms with Gasteiger partial charge in [0.1, 0.15) is 0 Å². The van der Waals surface area contributed by atoms with Crippen molar-refractivity contribution in [2.24, 2.45) is 0 Å². The average molecular weight is 234 g/mol. The third-order valence-electron chi connectivity index (χ3n) is 2.16. The van der Waals surface area contributed by atoms with Crippen LogP contribution in [0.5, 0.6) is 0 Å². The van der Waals surface area contributed by atoms with Gasteiger partial charge in [-0.25, -0.2) is 4.79 Å². The predicted molar refractivity (Wildman–Crippen MR) is 62.2 cm³/mol. The summed E-state index contributed by atoms with van der Waals surface area (Å²) in [7, 11) is 1.57. The smallest absolute Gasteiger partial charge is 0.337 e. The monoisotopic (exact) mass is 234 g/mol. The minimum atomic E-state index is -1.15. The molecule has 0 fully saturated rings. The van der Waals surface area contributed by atoms with Crippen molar-refractivity contribution in [3.8, 4) is 12.3 Å². The Bertz CT molecular complexity index is 505. The summed E-state index contributed by atoms with van der Waals surface area (Å²) < 4.78 is 0. The van der Waals surface area contributed by atoms with Gasteiger partial charge in [0.25, 0.3) is 5.69 Å². The zero-order valence-electron chi connectivity index (χ0n) is 9.08. The van der Waals surface area contributed by atoms with Crippen LogP contribution in [-0.4, -0.2) is 29.6 Å². The van der Waals surface area contributed by atoms with Crippen molar-refractivity contribution in [2.75, 3.05) is 18.5 Å². The van der Waals surface area contributed by atoms with E-state index in [1.807, 2.05) is 0 Å². The number of carboxylic acid groups (broad SMARTS) is 1. The first-order chi connectivity index (χ1) is 7.97. The molecule has 0 bridgehead atoms. The number of carbonyl (C=O) groups is 1. The highest BCUT2D eigenvalue weighted by Gasteiger charge is 2.17. The Morgan fingerprint density at radius 1 is 1.65 bits per heavy atom. The van der Waals surface area contributed by atoms with E-state index in [4.69, 9.17) is 11.5 Å². The normalized spacial score (nSPS) is 9.41. The molecule has 6 heteroatoms. The average Bonchev–Trinajstić information content (AvgIpc) is 2.28. The molecule has 0 atom stereocenters. The maximum Gasteiger partial charge on any atom is 0.337 e. The van der Waals surface area contributed by atoms with Gasteiger partial charge in [-0.1, -0.05) is 5.92 Å². The lowest BCUT2D eigenvalue weighted by Crippen LogP contribution is -2.20. The van der Waals surface area contributed by atoms with E-state index >= 15 is 0 Å². The maximum absolute atomic E-state index is 11.0. The van der Waals surface area contributed by atoms with Crippen molar-refractivity contribution in [3.63, 3.8) is 0 Å². The van der Waals surface area contributed by atoms with Gasteiger partial charge in [-0.3, -0.25) is 10.1 Å². The minimum absolute atomic E-state index is 0.0200. The summed E-state index contributed by atoms with van der Waals surface area (Å²) in [5.41, 5.74) is 0.0341. The Balaban J connectivity index is 3.30. The van der Waals surface area contributed by atoms with Crippen LogP contribution in [0.2, 0.25) is 0 Å². The highest BCUT2D eigenvalue weighted by molar-refractivity contribution is 5.95. The number of terminal acetylenes is 1. The number of nitro benzene ring substituents is 1. The Labute approximate surface area is 97.6 Å². The lowest BCUT2D eigenvalue weighted by atomic mass is 10.1. The summed E-state index contributed by atoms with van der Waals surface area (Å²) in [4.78, 5) is 22.5. The lowest BCUT2D eigenvalue weighted by molar-refractivity contribution is -0.384. The maximum atomic E-state index is 11.0. The lowest BCUT2D eigenvalue weighted by Gasteiger charge is -2.17. The summed E-state index contributed by atoms with van der Waals surface area (Å²) in [5, 5.41) is 19.6. The number of nitrogens with zero attached hydrogens (tertiary/aromatic N) is 2. The fraction of sp³-hybridized carbons (Fsp3) is 0.182. The van der Waals surface area contributed by atoms with E-state index < -0.39 is 10.9 Å². The number of non-ortho nitro benzene ring substituents is 1. The van der Waals surface area contributed by atoms with Crippen molar-refractivity contribution in [3.05, 3.63) is 33.9 Å². The number of rotatable bonds is 4. The topological polar surface area (TPSA) is 83.7 Å². The molecule has 0 saturated heterocycles. The van der Waals surface area contributed by atoms with Gasteiger partial charge >= 0.3 is 5.97 Å². The third kappa shape index (κ3) is 2.72. The molecule has 0 saturated carbocycles. The van der Waals surface area contributed by atoms with Crippen LogP contribution in [0.15, 0.2) is 18.2 Å². The van der Waals surface area contributed by atoms with Crippen LogP contribution in [0, 0.1) is 22.5 Å². The van der Waals surface area contributed by atoms with Gasteiger partial charge in [-0.15, -0.1) is 6.42 Å². The Hall–Kier alpha value is -2.55. The second-order valence-corrected chi connectivity index (χ2v) is 3.32. The highest BCUT2D eigenvalue weighted by atomic mass is 16.6. The summed E-state index contributed by atoms with van der Waals surface area (Å²) in [5.74, 6) is 1.19. The molecule has 0 spiro atoms. The number of nitro groups is 1. The van der Waals surface area contributed by atoms with Gasteiger partial charge in [0.2, 0.25) is 0 Å². The Morgan fingerprint density at radius 2 is 2.29 bits per heavy atom. The Kier molecular flexibility index (Phi) is 3.67. The minimum Gasteiger partial charge on any atom is -0.478 e. The van der Waals surface area contributed by atoms with Gasteiger partial charge in [-0.05, 0) is 6.07 Å². The summed E-state index contributed by atoms with van der Waals surface area (Å²) in [6.07, 6.45) is 5.12. The number of hydrogen-bond donors (Lipinski definition) is 1. The first-order valence-corrected chi connectivity index (χ1v) is 4.63. The highest BCUT2D eigenvalue weighted by Crippen LogP contribution is 2.25. The molecule has 0 aromatic heterocycles. The number of hydrogen-bond acceptors (Lipinski definition) is 4. The molecular weight excluding hydrogens is 224 g/mol. The van der Waals surface area contributed by atoms with E-state index in [2.05, 4.69) is 5.92 Å². The molecule has 0 radical (unpaired) electrons. The van der Waals surface area contributed by atoms with Gasteiger partial charge in [0, 0.05) is 19.2 Å². The van der Waals surface area contributed by atoms with E-state index in [1.165, 1.54) is 17.0 Å². The van der Waals surface area contributed by atoms with Crippen molar-refractivity contribution in [1.29, 1.82) is 0 Å². The van der Waals surface area contributed by atoms with Gasteiger partial charge in [0.05, 0.1) is 22.7 Å². The van der Waals surface area contributed by atoms with E-state index in [-0.39, 0.29) is 23.5 Å². The molecular formula is C11H10N2O4. The zero-order chi connectivity index (χ0) is 13.0. The van der Waals surface area contributed by atoms with Crippen molar-refractivity contribution < 1.29 is 14.8 Å². The molecule has 0 unspecified atom stereocenters. The van der Waals surface area contributed by atoms with Crippen LogP contribution in [0.1, 0.15) is 10.4 Å². The molecule has 1 aromatic carbocycles. The standard InChI is InChI=1S/C11H10N2O4/c1-3-6-12(2)10-7-8(13(16)17)4-5-9(10)11(14)15/h1,4-5,7H,6H2,2H3,(H,14,15). The van der Waals surface area contributed by atoms with Gasteiger partial charge < -0.3 is 10.0 Å². The molecule has 0 heterocycles. The first kappa shape index (κ1) is 12.5. The fourth-order valence-electron chi connectivity index (χ4n) is 1.35. The molecule has 88 valence electrons. The molecule has 1 aromatic rings. The quantitative estimate of drug-likeness (QED) is 0.483. The number of benzene rings is 1.